The van der Waals surface area contributed by atoms with E-state index in [0.29, 0.717) is 13.2 Å². The molecule has 0 amide bonds. The fourth-order valence-electron chi connectivity index (χ4n) is 2.33. The van der Waals surface area contributed by atoms with Crippen molar-refractivity contribution in [2.75, 3.05) is 26.3 Å². The first-order valence-electron chi connectivity index (χ1n) is 7.69. The smallest absolute Gasteiger partial charge is 0.161 e. The van der Waals surface area contributed by atoms with E-state index in [1.165, 1.54) is 0 Å². The Kier molecular flexibility index (Phi) is 5.16. The highest BCUT2D eigenvalue weighted by Gasteiger charge is 2.19. The molecule has 1 heterocycles. The van der Waals surface area contributed by atoms with Gasteiger partial charge in [-0.05, 0) is 37.2 Å². The summed E-state index contributed by atoms with van der Waals surface area (Å²) in [5.41, 5.74) is 0. The lowest BCUT2D eigenvalue weighted by Crippen LogP contribution is -2.39. The van der Waals surface area contributed by atoms with Crippen LogP contribution in [0.25, 0.3) is 0 Å². The van der Waals surface area contributed by atoms with Gasteiger partial charge in [0, 0.05) is 6.54 Å². The molecule has 0 saturated carbocycles. The minimum absolute atomic E-state index is 0.0601. The molecular formula is C18H21NO3. The maximum atomic E-state index is 5.89. The van der Waals surface area contributed by atoms with Gasteiger partial charge in [0.1, 0.15) is 18.5 Å². The van der Waals surface area contributed by atoms with E-state index in [4.69, 9.17) is 14.2 Å². The average Bonchev–Trinajstić information content (AvgIpc) is 2.59. The van der Waals surface area contributed by atoms with Crippen molar-refractivity contribution in [1.82, 2.24) is 5.32 Å². The molecule has 0 unspecified atom stereocenters. The summed E-state index contributed by atoms with van der Waals surface area (Å²) in [6.07, 6.45) is 1.02. The molecule has 0 fully saturated rings. The van der Waals surface area contributed by atoms with Crippen molar-refractivity contribution in [1.29, 1.82) is 0 Å². The summed E-state index contributed by atoms with van der Waals surface area (Å²) in [5.74, 6) is 2.58. The predicted octanol–water partition coefficient (Wildman–Crippen LogP) is 2.89. The molecule has 1 aliphatic rings. The molecule has 0 aliphatic carbocycles. The molecule has 0 bridgehead atoms. The van der Waals surface area contributed by atoms with Gasteiger partial charge >= 0.3 is 0 Å². The second kappa shape index (κ2) is 7.71. The lowest BCUT2D eigenvalue weighted by molar-refractivity contribution is 0.0902. The van der Waals surface area contributed by atoms with Crippen LogP contribution in [0.1, 0.15) is 6.42 Å². The summed E-state index contributed by atoms with van der Waals surface area (Å²) in [6.45, 7) is 2.97. The van der Waals surface area contributed by atoms with E-state index in [1.807, 2.05) is 54.6 Å². The van der Waals surface area contributed by atoms with Crippen molar-refractivity contribution >= 4 is 0 Å². The van der Waals surface area contributed by atoms with Crippen LogP contribution < -0.4 is 19.5 Å². The molecular weight excluding hydrogens is 278 g/mol. The highest BCUT2D eigenvalue weighted by molar-refractivity contribution is 5.40. The second-order valence-corrected chi connectivity index (χ2v) is 5.22. The SMILES string of the molecule is c1ccc(OCCCNC[C@@H]2COc3ccccc3O2)cc1. The fourth-order valence-corrected chi connectivity index (χ4v) is 2.33. The van der Waals surface area contributed by atoms with Gasteiger partial charge in [0.2, 0.25) is 0 Å². The summed E-state index contributed by atoms with van der Waals surface area (Å²) in [6, 6.07) is 17.7. The normalized spacial score (nSPS) is 16.3. The summed E-state index contributed by atoms with van der Waals surface area (Å²) in [7, 11) is 0. The molecule has 4 heteroatoms. The topological polar surface area (TPSA) is 39.7 Å². The van der Waals surface area contributed by atoms with Gasteiger partial charge in [-0.25, -0.2) is 0 Å². The Balaban J connectivity index is 1.30. The number of para-hydroxylation sites is 3. The van der Waals surface area contributed by atoms with Crippen LogP contribution >= 0.6 is 0 Å². The summed E-state index contributed by atoms with van der Waals surface area (Å²) >= 11 is 0. The number of hydrogen-bond acceptors (Lipinski definition) is 4. The third kappa shape index (κ3) is 4.15. The van der Waals surface area contributed by atoms with E-state index in [9.17, 15) is 0 Å². The number of nitrogens with one attached hydrogen (secondary N) is 1. The molecule has 0 aromatic heterocycles. The third-order valence-electron chi connectivity index (χ3n) is 3.45. The number of fused-ring (bicyclic) bond motifs is 1. The van der Waals surface area contributed by atoms with Crippen LogP contribution in [0, 0.1) is 0 Å². The van der Waals surface area contributed by atoms with E-state index >= 15 is 0 Å². The first-order chi connectivity index (χ1) is 10.9. The molecule has 1 aliphatic heterocycles. The first kappa shape index (κ1) is 14.7. The zero-order valence-corrected chi connectivity index (χ0v) is 12.5. The molecule has 4 nitrogen and oxygen atoms in total. The molecule has 2 aromatic rings. The molecule has 22 heavy (non-hydrogen) atoms. The van der Waals surface area contributed by atoms with Gasteiger partial charge in [-0.1, -0.05) is 30.3 Å². The Hall–Kier alpha value is -2.20. The van der Waals surface area contributed by atoms with Crippen molar-refractivity contribution in [2.45, 2.75) is 12.5 Å². The van der Waals surface area contributed by atoms with Gasteiger partial charge in [0.15, 0.2) is 11.5 Å². The zero-order chi connectivity index (χ0) is 15.0. The Bertz CT molecular complexity index is 574. The molecule has 0 radical (unpaired) electrons. The van der Waals surface area contributed by atoms with Crippen molar-refractivity contribution < 1.29 is 14.2 Å². The van der Waals surface area contributed by atoms with Crippen molar-refractivity contribution in [2.24, 2.45) is 0 Å². The number of benzene rings is 2. The van der Waals surface area contributed by atoms with Gasteiger partial charge in [-0.3, -0.25) is 0 Å². The number of rotatable bonds is 7. The Morgan fingerprint density at radius 3 is 2.64 bits per heavy atom. The maximum absolute atomic E-state index is 5.89. The fraction of sp³-hybridized carbons (Fsp3) is 0.333. The third-order valence-corrected chi connectivity index (χ3v) is 3.45. The van der Waals surface area contributed by atoms with Crippen LogP contribution in [0.15, 0.2) is 54.6 Å². The average molecular weight is 299 g/mol. The maximum Gasteiger partial charge on any atom is 0.161 e. The van der Waals surface area contributed by atoms with Gasteiger partial charge in [-0.2, -0.15) is 0 Å². The molecule has 1 N–H and O–H groups in total. The van der Waals surface area contributed by atoms with Crippen LogP contribution in [0.4, 0.5) is 0 Å². The first-order valence-corrected chi connectivity index (χ1v) is 7.69. The molecule has 3 rings (SSSR count). The van der Waals surface area contributed by atoms with E-state index in [1.54, 1.807) is 0 Å². The zero-order valence-electron chi connectivity index (χ0n) is 12.5. The standard InChI is InChI=1S/C18H21NO3/c1-2-7-15(8-3-1)20-12-6-11-19-13-16-14-21-17-9-4-5-10-18(17)22-16/h1-5,7-10,16,19H,6,11-14H2/t16-/m1/s1. The molecule has 2 aromatic carbocycles. The molecule has 116 valence electrons. The van der Waals surface area contributed by atoms with Gasteiger partial charge in [0.05, 0.1) is 6.61 Å². The van der Waals surface area contributed by atoms with Crippen LogP contribution in [-0.4, -0.2) is 32.4 Å². The monoisotopic (exact) mass is 299 g/mol. The molecule has 1 atom stereocenters. The molecule has 0 saturated heterocycles. The number of ether oxygens (including phenoxy) is 3. The van der Waals surface area contributed by atoms with Crippen LogP contribution in [0.2, 0.25) is 0 Å². The highest BCUT2D eigenvalue weighted by atomic mass is 16.6. The van der Waals surface area contributed by atoms with E-state index in [2.05, 4.69) is 5.32 Å². The van der Waals surface area contributed by atoms with Gasteiger partial charge in [-0.15, -0.1) is 0 Å². The Labute approximate surface area is 131 Å². The minimum atomic E-state index is 0.0601. The lowest BCUT2D eigenvalue weighted by atomic mass is 10.2. The van der Waals surface area contributed by atoms with E-state index in [-0.39, 0.29) is 6.10 Å². The van der Waals surface area contributed by atoms with E-state index in [0.717, 1.165) is 36.8 Å². The minimum Gasteiger partial charge on any atom is -0.494 e. The van der Waals surface area contributed by atoms with Gasteiger partial charge < -0.3 is 19.5 Å². The largest absolute Gasteiger partial charge is 0.494 e. The second-order valence-electron chi connectivity index (χ2n) is 5.22. The van der Waals surface area contributed by atoms with E-state index < -0.39 is 0 Å². The molecule has 0 spiro atoms. The highest BCUT2D eigenvalue weighted by Crippen LogP contribution is 2.30. The van der Waals surface area contributed by atoms with Gasteiger partial charge in [0.25, 0.3) is 0 Å². The van der Waals surface area contributed by atoms with Crippen LogP contribution in [0.3, 0.4) is 0 Å². The van der Waals surface area contributed by atoms with Crippen molar-refractivity contribution in [3.05, 3.63) is 54.6 Å². The lowest BCUT2D eigenvalue weighted by Gasteiger charge is -2.26. The summed E-state index contributed by atoms with van der Waals surface area (Å²) < 4.78 is 17.2. The van der Waals surface area contributed by atoms with Crippen molar-refractivity contribution in [3.63, 3.8) is 0 Å². The van der Waals surface area contributed by atoms with Crippen molar-refractivity contribution in [3.8, 4) is 17.2 Å². The predicted molar refractivity (Wildman–Crippen MR) is 85.8 cm³/mol. The number of hydrogen-bond donors (Lipinski definition) is 1. The summed E-state index contributed by atoms with van der Waals surface area (Å²) in [4.78, 5) is 0. The van der Waals surface area contributed by atoms with Crippen LogP contribution in [0.5, 0.6) is 17.2 Å². The Morgan fingerprint density at radius 2 is 1.77 bits per heavy atom. The quantitative estimate of drug-likeness (QED) is 0.798. The Morgan fingerprint density at radius 1 is 1.00 bits per heavy atom. The summed E-state index contributed by atoms with van der Waals surface area (Å²) in [5, 5.41) is 3.39. The van der Waals surface area contributed by atoms with Crippen LogP contribution in [-0.2, 0) is 0 Å².